The first kappa shape index (κ1) is 23.6. The highest BCUT2D eigenvalue weighted by atomic mass is 19.4. The summed E-state index contributed by atoms with van der Waals surface area (Å²) < 4.78 is 60.2. The van der Waals surface area contributed by atoms with E-state index in [1.54, 1.807) is 12.1 Å². The van der Waals surface area contributed by atoms with Crippen molar-refractivity contribution in [3.63, 3.8) is 0 Å². The van der Waals surface area contributed by atoms with Crippen molar-refractivity contribution >= 4 is 11.7 Å². The van der Waals surface area contributed by atoms with Crippen molar-refractivity contribution in [3.05, 3.63) is 53.8 Å². The number of nitrogens with one attached hydrogen (secondary N) is 2. The minimum Gasteiger partial charge on any atom is -0.493 e. The van der Waals surface area contributed by atoms with Gasteiger partial charge in [0.2, 0.25) is 0 Å². The molecule has 0 radical (unpaired) electrons. The number of ether oxygens (including phenoxy) is 2. The molecule has 0 spiro atoms. The molecule has 2 aromatic carbocycles. The second-order valence-electron chi connectivity index (χ2n) is 7.54. The van der Waals surface area contributed by atoms with Crippen LogP contribution >= 0.6 is 0 Å². The Kier molecular flexibility index (Phi) is 7.79. The molecule has 32 heavy (non-hydrogen) atoms. The van der Waals surface area contributed by atoms with Gasteiger partial charge in [-0.15, -0.1) is 0 Å². The van der Waals surface area contributed by atoms with Gasteiger partial charge in [-0.3, -0.25) is 4.90 Å². The maximum absolute atomic E-state index is 13.0. The van der Waals surface area contributed by atoms with Crippen molar-refractivity contribution in [1.29, 1.82) is 0 Å². The highest BCUT2D eigenvalue weighted by molar-refractivity contribution is 5.89. The molecule has 2 amide bonds. The summed E-state index contributed by atoms with van der Waals surface area (Å²) in [4.78, 5) is 14.6. The molecular formula is C22H25F4N3O3. The van der Waals surface area contributed by atoms with Gasteiger partial charge in [0, 0.05) is 37.4 Å². The van der Waals surface area contributed by atoms with E-state index < -0.39 is 18.8 Å². The van der Waals surface area contributed by atoms with Gasteiger partial charge in [0.1, 0.15) is 5.82 Å². The lowest BCUT2D eigenvalue weighted by molar-refractivity contribution is -0.153. The van der Waals surface area contributed by atoms with Gasteiger partial charge in [-0.1, -0.05) is 12.1 Å². The van der Waals surface area contributed by atoms with Crippen LogP contribution in [0.25, 0.3) is 0 Å². The maximum Gasteiger partial charge on any atom is 0.422 e. The van der Waals surface area contributed by atoms with E-state index in [2.05, 4.69) is 15.5 Å². The molecule has 0 aromatic heterocycles. The van der Waals surface area contributed by atoms with Crippen LogP contribution in [0.3, 0.4) is 0 Å². The first-order valence-corrected chi connectivity index (χ1v) is 10.1. The summed E-state index contributed by atoms with van der Waals surface area (Å²) in [6.07, 6.45) is -2.99. The van der Waals surface area contributed by atoms with Crippen molar-refractivity contribution in [2.45, 2.75) is 31.6 Å². The number of hydrogen-bond acceptors (Lipinski definition) is 4. The fraction of sp³-hybridized carbons (Fsp3) is 0.409. The molecule has 3 rings (SSSR count). The van der Waals surface area contributed by atoms with Crippen LogP contribution in [0.5, 0.6) is 11.5 Å². The number of piperidine rings is 1. The summed E-state index contributed by atoms with van der Waals surface area (Å²) in [6, 6.07) is 10.1. The quantitative estimate of drug-likeness (QED) is 0.601. The lowest BCUT2D eigenvalue weighted by atomic mass is 10.0. The molecule has 2 aromatic rings. The smallest absolute Gasteiger partial charge is 0.422 e. The molecule has 1 fully saturated rings. The topological polar surface area (TPSA) is 62.8 Å². The van der Waals surface area contributed by atoms with Gasteiger partial charge in [-0.25, -0.2) is 9.18 Å². The Labute approximate surface area is 183 Å². The summed E-state index contributed by atoms with van der Waals surface area (Å²) >= 11 is 0. The van der Waals surface area contributed by atoms with Crippen LogP contribution in [0.4, 0.5) is 28.0 Å². The van der Waals surface area contributed by atoms with Gasteiger partial charge in [-0.05, 0) is 42.7 Å². The van der Waals surface area contributed by atoms with E-state index in [9.17, 15) is 22.4 Å². The monoisotopic (exact) mass is 455 g/mol. The molecule has 0 aliphatic carbocycles. The minimum absolute atomic E-state index is 0.0290. The van der Waals surface area contributed by atoms with Gasteiger partial charge in [0.15, 0.2) is 18.1 Å². The Morgan fingerprint density at radius 1 is 1.09 bits per heavy atom. The molecule has 0 bridgehead atoms. The molecule has 1 heterocycles. The van der Waals surface area contributed by atoms with Gasteiger partial charge < -0.3 is 20.1 Å². The number of amides is 2. The fourth-order valence-corrected chi connectivity index (χ4v) is 3.46. The minimum atomic E-state index is -4.49. The van der Waals surface area contributed by atoms with E-state index in [1.807, 2.05) is 0 Å². The fourth-order valence-electron chi connectivity index (χ4n) is 3.46. The number of rotatable bonds is 7. The van der Waals surface area contributed by atoms with Crippen molar-refractivity contribution in [2.24, 2.45) is 0 Å². The molecule has 1 aliphatic heterocycles. The number of anilines is 1. The highest BCUT2D eigenvalue weighted by Gasteiger charge is 2.29. The Balaban J connectivity index is 1.48. The van der Waals surface area contributed by atoms with Crippen LogP contribution in [0, 0.1) is 5.82 Å². The predicted octanol–water partition coefficient (Wildman–Crippen LogP) is 4.56. The van der Waals surface area contributed by atoms with E-state index in [0.717, 1.165) is 31.5 Å². The molecule has 0 saturated carbocycles. The number of likely N-dealkylation sites (tertiary alicyclic amines) is 1. The maximum atomic E-state index is 13.0. The molecule has 6 nitrogen and oxygen atoms in total. The van der Waals surface area contributed by atoms with E-state index in [4.69, 9.17) is 9.47 Å². The number of urea groups is 1. The zero-order valence-electron chi connectivity index (χ0n) is 17.5. The Morgan fingerprint density at radius 2 is 1.78 bits per heavy atom. The summed E-state index contributed by atoms with van der Waals surface area (Å²) in [5.74, 6) is -0.246. The highest BCUT2D eigenvalue weighted by Crippen LogP contribution is 2.31. The van der Waals surface area contributed by atoms with Gasteiger partial charge >= 0.3 is 12.2 Å². The lowest BCUT2D eigenvalue weighted by Gasteiger charge is -2.32. The van der Waals surface area contributed by atoms with Crippen LogP contribution in [0.15, 0.2) is 42.5 Å². The molecule has 1 aliphatic rings. The Bertz CT molecular complexity index is 898. The number of alkyl halides is 3. The average Bonchev–Trinajstić information content (AvgIpc) is 2.75. The summed E-state index contributed by atoms with van der Waals surface area (Å²) in [5.41, 5.74) is 1.31. The number of carbonyl (C=O) groups excluding carboxylic acids is 1. The summed E-state index contributed by atoms with van der Waals surface area (Å²) in [5, 5.41) is 5.50. The van der Waals surface area contributed by atoms with E-state index in [1.165, 1.54) is 37.4 Å². The zero-order chi connectivity index (χ0) is 23.1. The normalized spacial score (nSPS) is 15.3. The zero-order valence-corrected chi connectivity index (χ0v) is 17.5. The van der Waals surface area contributed by atoms with Crippen LogP contribution in [-0.4, -0.2) is 50.0 Å². The molecule has 0 unspecified atom stereocenters. The van der Waals surface area contributed by atoms with Crippen molar-refractivity contribution < 1.29 is 31.8 Å². The Hall–Kier alpha value is -3.01. The standard InChI is InChI=1S/C22H25F4N3O3/c1-31-19-7-6-18(12-20(19)32-14-22(24,25)26)28-21(30)27-17-8-10-29(11-9-17)13-15-2-4-16(23)5-3-15/h2-7,12,17H,8-11,13-14H2,1H3,(H2,27,28,30). The third-order valence-electron chi connectivity index (χ3n) is 5.06. The second-order valence-corrected chi connectivity index (χ2v) is 7.54. The second kappa shape index (κ2) is 10.5. The third kappa shape index (κ3) is 7.30. The first-order chi connectivity index (χ1) is 15.2. The van der Waals surface area contributed by atoms with Gasteiger partial charge in [-0.2, -0.15) is 13.2 Å². The average molecular weight is 455 g/mol. The van der Waals surface area contributed by atoms with Gasteiger partial charge in [0.05, 0.1) is 7.11 Å². The largest absolute Gasteiger partial charge is 0.493 e. The number of methoxy groups -OCH3 is 1. The summed E-state index contributed by atoms with van der Waals surface area (Å²) in [7, 11) is 1.32. The van der Waals surface area contributed by atoms with Crippen LogP contribution in [0.1, 0.15) is 18.4 Å². The van der Waals surface area contributed by atoms with E-state index in [-0.39, 0.29) is 29.0 Å². The van der Waals surface area contributed by atoms with Crippen LogP contribution in [-0.2, 0) is 6.54 Å². The van der Waals surface area contributed by atoms with Crippen LogP contribution < -0.4 is 20.1 Å². The number of nitrogens with zero attached hydrogens (tertiary/aromatic N) is 1. The molecule has 174 valence electrons. The summed E-state index contributed by atoms with van der Waals surface area (Å²) in [6.45, 7) is 0.807. The van der Waals surface area contributed by atoms with Crippen LogP contribution in [0.2, 0.25) is 0 Å². The lowest BCUT2D eigenvalue weighted by Crippen LogP contribution is -2.45. The first-order valence-electron chi connectivity index (χ1n) is 10.1. The van der Waals surface area contributed by atoms with Crippen molar-refractivity contribution in [1.82, 2.24) is 10.2 Å². The predicted molar refractivity (Wildman–Crippen MR) is 111 cm³/mol. The van der Waals surface area contributed by atoms with Crippen molar-refractivity contribution in [3.8, 4) is 11.5 Å². The molecule has 0 atom stereocenters. The molecular weight excluding hydrogens is 430 g/mol. The third-order valence-corrected chi connectivity index (χ3v) is 5.06. The number of halogens is 4. The molecule has 10 heteroatoms. The molecule has 1 saturated heterocycles. The number of benzene rings is 2. The van der Waals surface area contributed by atoms with Gasteiger partial charge in [0.25, 0.3) is 0 Å². The number of carbonyl (C=O) groups is 1. The van der Waals surface area contributed by atoms with Crippen molar-refractivity contribution in [2.75, 3.05) is 32.1 Å². The Morgan fingerprint density at radius 3 is 2.41 bits per heavy atom. The van der Waals surface area contributed by atoms with E-state index in [0.29, 0.717) is 6.54 Å². The molecule has 2 N–H and O–H groups in total. The number of hydrogen-bond donors (Lipinski definition) is 2. The van der Waals surface area contributed by atoms with E-state index >= 15 is 0 Å². The SMILES string of the molecule is COc1ccc(NC(=O)NC2CCN(Cc3ccc(F)cc3)CC2)cc1OCC(F)(F)F.